The van der Waals surface area contributed by atoms with E-state index in [1.54, 1.807) is 12.1 Å². The van der Waals surface area contributed by atoms with Gasteiger partial charge < -0.3 is 10.6 Å². The number of nitrogens with zero attached hydrogens (tertiary/aromatic N) is 1. The number of carbonyl (C=O) groups is 2. The van der Waals surface area contributed by atoms with E-state index in [4.69, 9.17) is 0 Å². The molecule has 2 N–H and O–H groups in total. The van der Waals surface area contributed by atoms with Crippen molar-refractivity contribution in [2.75, 3.05) is 5.32 Å². The van der Waals surface area contributed by atoms with Crippen LogP contribution in [0.25, 0.3) is 6.08 Å². The van der Waals surface area contributed by atoms with Crippen molar-refractivity contribution in [3.63, 3.8) is 0 Å². The molecule has 3 rings (SSSR count). The molecule has 2 aromatic carbocycles. The van der Waals surface area contributed by atoms with Gasteiger partial charge in [-0.15, -0.1) is 0 Å². The zero-order valence-corrected chi connectivity index (χ0v) is 15.6. The Morgan fingerprint density at radius 2 is 1.77 bits per heavy atom. The maximum atomic E-state index is 12.2. The molecule has 1 heterocycles. The van der Waals surface area contributed by atoms with Gasteiger partial charge in [0, 0.05) is 12.6 Å². The molecule has 0 atom stereocenters. The first kappa shape index (κ1) is 17.9. The molecule has 6 heteroatoms. The summed E-state index contributed by atoms with van der Waals surface area (Å²) in [5.74, 6) is -0.278. The molecule has 1 fully saturated rings. The summed E-state index contributed by atoms with van der Waals surface area (Å²) >= 11 is 1.32. The molecule has 5 nitrogen and oxygen atoms in total. The molecule has 1 saturated heterocycles. The van der Waals surface area contributed by atoms with Gasteiger partial charge in [-0.05, 0) is 60.5 Å². The fraction of sp³-hybridized carbons (Fsp3) is 0.150. The Hall–Kier alpha value is -2.86. The zero-order valence-electron chi connectivity index (χ0n) is 14.8. The Kier molecular flexibility index (Phi) is 5.23. The van der Waals surface area contributed by atoms with E-state index in [9.17, 15) is 9.59 Å². The van der Waals surface area contributed by atoms with Crippen molar-refractivity contribution in [2.45, 2.75) is 20.8 Å². The normalized spacial score (nSPS) is 16.8. The minimum atomic E-state index is -0.161. The molecule has 0 aromatic heterocycles. The van der Waals surface area contributed by atoms with E-state index < -0.39 is 0 Å². The summed E-state index contributed by atoms with van der Waals surface area (Å²) in [5, 5.41) is 6.11. The lowest BCUT2D eigenvalue weighted by atomic mass is 10.1. The number of benzene rings is 2. The molecule has 0 spiro atoms. The molecule has 1 aliphatic rings. The van der Waals surface area contributed by atoms with E-state index in [1.807, 2.05) is 50.3 Å². The molecule has 132 valence electrons. The molecule has 2 aromatic rings. The Bertz CT molecular complexity index is 910. The van der Waals surface area contributed by atoms with Crippen LogP contribution in [0, 0.1) is 13.8 Å². The van der Waals surface area contributed by atoms with Crippen LogP contribution < -0.4 is 10.6 Å². The lowest BCUT2D eigenvalue weighted by Gasteiger charge is -2.04. The summed E-state index contributed by atoms with van der Waals surface area (Å²) in [6.45, 7) is 5.47. The van der Waals surface area contributed by atoms with Crippen molar-refractivity contribution in [3.05, 3.63) is 64.1 Å². The lowest BCUT2D eigenvalue weighted by Crippen LogP contribution is -2.19. The number of anilines is 1. The van der Waals surface area contributed by atoms with Crippen LogP contribution in [0.2, 0.25) is 0 Å². The predicted octanol–water partition coefficient (Wildman–Crippen LogP) is 4.15. The molecule has 0 radical (unpaired) electrons. The standard InChI is InChI=1S/C20H19N3O2S/c1-12-5-4-6-13(2)18(12)22-20-23-19(25)17(26-20)11-15-7-9-16(10-8-15)21-14(3)24/h4-11H,1-3H3,(H,21,24)(H,22,23,25)/b17-11-. The number of carbonyl (C=O) groups excluding carboxylic acids is 2. The van der Waals surface area contributed by atoms with Gasteiger partial charge in [0.1, 0.15) is 0 Å². The monoisotopic (exact) mass is 365 g/mol. The molecule has 0 aliphatic carbocycles. The first-order valence-corrected chi connectivity index (χ1v) is 8.97. The number of hydrogen-bond donors (Lipinski definition) is 2. The van der Waals surface area contributed by atoms with Crippen molar-refractivity contribution in [2.24, 2.45) is 4.99 Å². The minimum absolute atomic E-state index is 0.116. The van der Waals surface area contributed by atoms with Crippen molar-refractivity contribution in [3.8, 4) is 0 Å². The first-order chi connectivity index (χ1) is 12.4. The van der Waals surface area contributed by atoms with Crippen LogP contribution in [0.4, 0.5) is 11.4 Å². The van der Waals surface area contributed by atoms with Crippen molar-refractivity contribution >= 4 is 46.2 Å². The number of aryl methyl sites for hydroxylation is 2. The highest BCUT2D eigenvalue weighted by Crippen LogP contribution is 2.30. The first-order valence-electron chi connectivity index (χ1n) is 8.16. The molecule has 0 saturated carbocycles. The van der Waals surface area contributed by atoms with Gasteiger partial charge in [0.15, 0.2) is 5.17 Å². The van der Waals surface area contributed by atoms with E-state index >= 15 is 0 Å². The van der Waals surface area contributed by atoms with E-state index in [2.05, 4.69) is 15.6 Å². The summed E-state index contributed by atoms with van der Waals surface area (Å²) in [6.07, 6.45) is 1.81. The fourth-order valence-corrected chi connectivity index (χ4v) is 3.41. The summed E-state index contributed by atoms with van der Waals surface area (Å²) in [5.41, 5.74) is 4.62. The quantitative estimate of drug-likeness (QED) is 0.803. The third-order valence-corrected chi connectivity index (χ3v) is 4.74. The second-order valence-corrected chi connectivity index (χ2v) is 7.06. The number of aliphatic imine (C=N–C) groups is 1. The summed E-state index contributed by atoms with van der Waals surface area (Å²) in [7, 11) is 0. The van der Waals surface area contributed by atoms with Gasteiger partial charge in [-0.1, -0.05) is 30.3 Å². The van der Waals surface area contributed by atoms with E-state index in [1.165, 1.54) is 18.7 Å². The Morgan fingerprint density at radius 1 is 1.12 bits per heavy atom. The SMILES string of the molecule is CC(=O)Nc1ccc(/C=C2\SC(=Nc3c(C)cccc3C)NC2=O)cc1. The number of thioether (sulfide) groups is 1. The highest BCUT2D eigenvalue weighted by atomic mass is 32.2. The minimum Gasteiger partial charge on any atom is -0.326 e. The molecule has 0 bridgehead atoms. The highest BCUT2D eigenvalue weighted by Gasteiger charge is 2.24. The number of rotatable bonds is 3. The van der Waals surface area contributed by atoms with Crippen LogP contribution in [-0.2, 0) is 9.59 Å². The predicted molar refractivity (Wildman–Crippen MR) is 107 cm³/mol. The molecule has 26 heavy (non-hydrogen) atoms. The maximum absolute atomic E-state index is 12.2. The lowest BCUT2D eigenvalue weighted by molar-refractivity contribution is -0.115. The van der Waals surface area contributed by atoms with E-state index in [-0.39, 0.29) is 11.8 Å². The number of amides is 2. The topological polar surface area (TPSA) is 70.6 Å². The molecular weight excluding hydrogens is 346 g/mol. The second-order valence-electron chi connectivity index (χ2n) is 6.03. The van der Waals surface area contributed by atoms with E-state index in [0.717, 1.165) is 28.1 Å². The smallest absolute Gasteiger partial charge is 0.264 e. The maximum Gasteiger partial charge on any atom is 0.264 e. The van der Waals surface area contributed by atoms with Crippen LogP contribution in [0.3, 0.4) is 0 Å². The second kappa shape index (κ2) is 7.58. The molecular formula is C20H19N3O2S. The van der Waals surface area contributed by atoms with Gasteiger partial charge >= 0.3 is 0 Å². The number of nitrogens with one attached hydrogen (secondary N) is 2. The summed E-state index contributed by atoms with van der Waals surface area (Å²) in [6, 6.07) is 13.3. The average molecular weight is 365 g/mol. The van der Waals surface area contributed by atoms with Crippen molar-refractivity contribution in [1.82, 2.24) is 5.32 Å². The molecule has 1 aliphatic heterocycles. The van der Waals surface area contributed by atoms with Crippen LogP contribution in [0.1, 0.15) is 23.6 Å². The van der Waals surface area contributed by atoms with Gasteiger partial charge in [-0.2, -0.15) is 0 Å². The van der Waals surface area contributed by atoms with Gasteiger partial charge in [0.05, 0.1) is 10.6 Å². The third-order valence-electron chi connectivity index (χ3n) is 3.83. The Morgan fingerprint density at radius 3 is 2.38 bits per heavy atom. The zero-order chi connectivity index (χ0) is 18.7. The van der Waals surface area contributed by atoms with Crippen molar-refractivity contribution < 1.29 is 9.59 Å². The molecule has 0 unspecified atom stereocenters. The Balaban J connectivity index is 1.80. The summed E-state index contributed by atoms with van der Waals surface area (Å²) in [4.78, 5) is 28.5. The number of para-hydroxylation sites is 1. The summed E-state index contributed by atoms with van der Waals surface area (Å²) < 4.78 is 0. The molecule has 2 amide bonds. The average Bonchev–Trinajstić information content (AvgIpc) is 2.92. The Labute approximate surface area is 156 Å². The van der Waals surface area contributed by atoms with Gasteiger partial charge in [0.2, 0.25) is 5.91 Å². The van der Waals surface area contributed by atoms with E-state index in [0.29, 0.717) is 10.1 Å². The third kappa shape index (κ3) is 4.21. The van der Waals surface area contributed by atoms with Gasteiger partial charge in [-0.3, -0.25) is 9.59 Å². The number of amidine groups is 1. The van der Waals surface area contributed by atoms with Gasteiger partial charge in [-0.25, -0.2) is 4.99 Å². The van der Waals surface area contributed by atoms with Crippen LogP contribution in [0.5, 0.6) is 0 Å². The fourth-order valence-electron chi connectivity index (χ4n) is 2.58. The van der Waals surface area contributed by atoms with Crippen molar-refractivity contribution in [1.29, 1.82) is 0 Å². The van der Waals surface area contributed by atoms with Crippen LogP contribution in [0.15, 0.2) is 52.4 Å². The van der Waals surface area contributed by atoms with Crippen LogP contribution >= 0.6 is 11.8 Å². The van der Waals surface area contributed by atoms with Gasteiger partial charge in [0.25, 0.3) is 5.91 Å². The number of hydrogen-bond acceptors (Lipinski definition) is 4. The highest BCUT2D eigenvalue weighted by molar-refractivity contribution is 8.18. The van der Waals surface area contributed by atoms with Crippen LogP contribution in [-0.4, -0.2) is 17.0 Å². The largest absolute Gasteiger partial charge is 0.326 e.